The van der Waals surface area contributed by atoms with Crippen LogP contribution in [0.2, 0.25) is 0 Å². The lowest BCUT2D eigenvalue weighted by atomic mass is 9.89. The van der Waals surface area contributed by atoms with Gasteiger partial charge in [-0.1, -0.05) is 54.9 Å². The first-order valence-electron chi connectivity index (χ1n) is 15.5. The van der Waals surface area contributed by atoms with Gasteiger partial charge in [0, 0.05) is 34.9 Å². The lowest BCUT2D eigenvalue weighted by molar-refractivity contribution is -0.147. The standard InChI is InChI=1S/C31H59N5O6/c1-13-20(6)27(35(10)31(40)26(19(4)5)34-30(39)25(32-8)18(2)3)23(41-11)17-24(37)36-16-14-15-22(36)28(42-12)21(7)29(38)33-9/h18-23,25-28,32H,13-17H2,1-12H3,(H,33,38)(H,34,39)/t20-,21+,22-,23+,25?,26-,27-,28+/m0/s1. The maximum atomic E-state index is 14.0. The number of ether oxygens (including phenoxy) is 2. The molecular formula is C31H59N5O6. The van der Waals surface area contributed by atoms with Crippen LogP contribution in [0.25, 0.3) is 0 Å². The molecule has 0 aromatic rings. The zero-order chi connectivity index (χ0) is 32.3. The summed E-state index contributed by atoms with van der Waals surface area (Å²) in [5.74, 6) is -1.14. The minimum Gasteiger partial charge on any atom is -0.379 e. The Bertz CT molecular complexity index is 884. The van der Waals surface area contributed by atoms with E-state index in [0.717, 1.165) is 19.3 Å². The van der Waals surface area contributed by atoms with Crippen LogP contribution in [0.4, 0.5) is 0 Å². The van der Waals surface area contributed by atoms with Gasteiger partial charge in [0.25, 0.3) is 0 Å². The number of methoxy groups -OCH3 is 2. The maximum absolute atomic E-state index is 14.0. The number of likely N-dealkylation sites (N-methyl/N-ethyl adjacent to an activating group) is 2. The number of nitrogens with zero attached hydrogens (tertiary/aromatic N) is 2. The van der Waals surface area contributed by atoms with Crippen LogP contribution in [0.3, 0.4) is 0 Å². The van der Waals surface area contributed by atoms with E-state index in [-0.39, 0.29) is 53.8 Å². The molecule has 0 spiro atoms. The van der Waals surface area contributed by atoms with Crippen molar-refractivity contribution in [2.24, 2.45) is 23.7 Å². The Kier molecular flexibility index (Phi) is 16.0. The quantitative estimate of drug-likeness (QED) is 0.234. The second kappa shape index (κ2) is 17.8. The molecule has 11 nitrogen and oxygen atoms in total. The highest BCUT2D eigenvalue weighted by molar-refractivity contribution is 5.90. The SMILES string of the molecule is CC[C@H](C)[C@@H]([C@@H](CC(=O)N1CCC[C@H]1[C@H](OC)[C@@H](C)C(=O)NC)OC)N(C)C(=O)[C@@H](NC(=O)C(NC)C(C)C)C(C)C. The van der Waals surface area contributed by atoms with E-state index in [1.54, 1.807) is 40.3 Å². The van der Waals surface area contributed by atoms with E-state index in [0.29, 0.717) is 6.54 Å². The highest BCUT2D eigenvalue weighted by atomic mass is 16.5. The zero-order valence-electron chi connectivity index (χ0n) is 28.2. The van der Waals surface area contributed by atoms with Crippen LogP contribution in [-0.4, -0.2) is 112 Å². The van der Waals surface area contributed by atoms with Crippen LogP contribution in [0.15, 0.2) is 0 Å². The molecule has 0 saturated carbocycles. The van der Waals surface area contributed by atoms with Gasteiger partial charge >= 0.3 is 0 Å². The number of nitrogens with one attached hydrogen (secondary N) is 3. The third-order valence-corrected chi connectivity index (χ3v) is 9.00. The molecule has 8 atom stereocenters. The normalized spacial score (nSPS) is 20.4. The van der Waals surface area contributed by atoms with Crippen molar-refractivity contribution >= 4 is 23.6 Å². The van der Waals surface area contributed by atoms with Crippen LogP contribution >= 0.6 is 0 Å². The Balaban J connectivity index is 3.24. The molecule has 0 bridgehead atoms. The Morgan fingerprint density at radius 1 is 0.929 bits per heavy atom. The van der Waals surface area contributed by atoms with Crippen molar-refractivity contribution in [3.05, 3.63) is 0 Å². The van der Waals surface area contributed by atoms with Gasteiger partial charge in [-0.2, -0.15) is 0 Å². The summed E-state index contributed by atoms with van der Waals surface area (Å²) in [6.07, 6.45) is 1.42. The number of carbonyl (C=O) groups is 4. The molecule has 1 aliphatic heterocycles. The number of likely N-dealkylation sites (tertiary alicyclic amines) is 1. The summed E-state index contributed by atoms with van der Waals surface area (Å²) in [6.45, 7) is 14.2. The van der Waals surface area contributed by atoms with E-state index in [1.165, 1.54) is 0 Å². The van der Waals surface area contributed by atoms with Crippen LogP contribution in [-0.2, 0) is 28.7 Å². The molecule has 1 fully saturated rings. The number of rotatable bonds is 17. The number of hydrogen-bond acceptors (Lipinski definition) is 7. The monoisotopic (exact) mass is 597 g/mol. The highest BCUT2D eigenvalue weighted by Crippen LogP contribution is 2.29. The average Bonchev–Trinajstić information content (AvgIpc) is 3.44. The molecule has 0 aromatic heterocycles. The molecule has 0 aromatic carbocycles. The minimum absolute atomic E-state index is 0.0234. The second-order valence-electron chi connectivity index (χ2n) is 12.4. The van der Waals surface area contributed by atoms with Crippen molar-refractivity contribution in [2.45, 2.75) is 111 Å². The topological polar surface area (TPSA) is 129 Å². The fraction of sp³-hybridized carbons (Fsp3) is 0.871. The smallest absolute Gasteiger partial charge is 0.245 e. The van der Waals surface area contributed by atoms with Gasteiger partial charge < -0.3 is 35.2 Å². The van der Waals surface area contributed by atoms with Crippen molar-refractivity contribution in [2.75, 3.05) is 41.9 Å². The first-order chi connectivity index (χ1) is 19.7. The number of carbonyl (C=O) groups excluding carboxylic acids is 4. The largest absolute Gasteiger partial charge is 0.379 e. The lowest BCUT2D eigenvalue weighted by Gasteiger charge is -2.41. The molecular weight excluding hydrogens is 538 g/mol. The molecule has 1 saturated heterocycles. The zero-order valence-corrected chi connectivity index (χ0v) is 28.2. The summed E-state index contributed by atoms with van der Waals surface area (Å²) in [6, 6.07) is -1.78. The van der Waals surface area contributed by atoms with Crippen LogP contribution in [0.1, 0.15) is 74.1 Å². The third-order valence-electron chi connectivity index (χ3n) is 9.00. The molecule has 3 N–H and O–H groups in total. The van der Waals surface area contributed by atoms with Crippen molar-refractivity contribution in [3.63, 3.8) is 0 Å². The van der Waals surface area contributed by atoms with Crippen LogP contribution < -0.4 is 16.0 Å². The molecule has 244 valence electrons. The summed E-state index contributed by atoms with van der Waals surface area (Å²) < 4.78 is 11.7. The van der Waals surface area contributed by atoms with Crippen LogP contribution in [0.5, 0.6) is 0 Å². The second-order valence-corrected chi connectivity index (χ2v) is 12.4. The van der Waals surface area contributed by atoms with Gasteiger partial charge in [-0.05, 0) is 37.6 Å². The van der Waals surface area contributed by atoms with Gasteiger partial charge in [0.15, 0.2) is 0 Å². The summed E-state index contributed by atoms with van der Waals surface area (Å²) in [5.41, 5.74) is 0. The summed E-state index contributed by atoms with van der Waals surface area (Å²) in [7, 11) is 8.21. The van der Waals surface area contributed by atoms with E-state index in [1.807, 2.05) is 53.4 Å². The van der Waals surface area contributed by atoms with Crippen LogP contribution in [0, 0.1) is 23.7 Å². The first kappa shape index (κ1) is 37.8. The molecule has 0 aliphatic carbocycles. The Labute approximate surface area is 254 Å². The number of amides is 4. The Morgan fingerprint density at radius 3 is 1.98 bits per heavy atom. The molecule has 1 rings (SSSR count). The predicted molar refractivity (Wildman–Crippen MR) is 165 cm³/mol. The van der Waals surface area contributed by atoms with Gasteiger partial charge in [-0.3, -0.25) is 19.2 Å². The van der Waals surface area contributed by atoms with Gasteiger partial charge in [0.2, 0.25) is 23.6 Å². The van der Waals surface area contributed by atoms with Gasteiger partial charge in [-0.25, -0.2) is 0 Å². The molecule has 42 heavy (non-hydrogen) atoms. The molecule has 0 radical (unpaired) electrons. The van der Waals surface area contributed by atoms with Gasteiger partial charge in [-0.15, -0.1) is 0 Å². The summed E-state index contributed by atoms with van der Waals surface area (Å²) >= 11 is 0. The Hall–Kier alpha value is -2.24. The molecule has 4 amide bonds. The van der Waals surface area contributed by atoms with Gasteiger partial charge in [0.05, 0.1) is 42.7 Å². The van der Waals surface area contributed by atoms with E-state index < -0.39 is 36.3 Å². The van der Waals surface area contributed by atoms with Gasteiger partial charge in [0.1, 0.15) is 6.04 Å². The van der Waals surface area contributed by atoms with E-state index >= 15 is 0 Å². The van der Waals surface area contributed by atoms with Crippen molar-refractivity contribution in [3.8, 4) is 0 Å². The summed E-state index contributed by atoms with van der Waals surface area (Å²) in [5, 5.41) is 8.70. The lowest BCUT2D eigenvalue weighted by Crippen LogP contribution is -2.59. The fourth-order valence-corrected chi connectivity index (χ4v) is 6.28. The Morgan fingerprint density at radius 2 is 1.52 bits per heavy atom. The molecule has 1 heterocycles. The minimum atomic E-state index is -0.728. The van der Waals surface area contributed by atoms with E-state index in [4.69, 9.17) is 9.47 Å². The summed E-state index contributed by atoms with van der Waals surface area (Å²) in [4.78, 5) is 56.7. The number of hydrogen-bond donors (Lipinski definition) is 3. The first-order valence-corrected chi connectivity index (χ1v) is 15.5. The molecule has 1 aliphatic rings. The average molecular weight is 598 g/mol. The third kappa shape index (κ3) is 9.38. The molecule has 1 unspecified atom stereocenters. The van der Waals surface area contributed by atoms with Crippen molar-refractivity contribution in [1.29, 1.82) is 0 Å². The maximum Gasteiger partial charge on any atom is 0.245 e. The van der Waals surface area contributed by atoms with Crippen molar-refractivity contribution in [1.82, 2.24) is 25.8 Å². The fourth-order valence-electron chi connectivity index (χ4n) is 6.28. The van der Waals surface area contributed by atoms with E-state index in [9.17, 15) is 19.2 Å². The molecule has 11 heteroatoms. The van der Waals surface area contributed by atoms with E-state index in [2.05, 4.69) is 16.0 Å². The highest BCUT2D eigenvalue weighted by Gasteiger charge is 2.42. The van der Waals surface area contributed by atoms with Crippen molar-refractivity contribution < 1.29 is 28.7 Å². The predicted octanol–water partition coefficient (Wildman–Crippen LogP) is 2.04.